The average Bonchev–Trinajstić information content (AvgIpc) is 2.67. The second-order valence-electron chi connectivity index (χ2n) is 4.30. The minimum atomic E-state index is -0.358. The third kappa shape index (κ3) is 3.56. The molecule has 0 saturated heterocycles. The van der Waals surface area contributed by atoms with Crippen LogP contribution >= 0.6 is 31.9 Å². The van der Waals surface area contributed by atoms with Crippen LogP contribution in [0.3, 0.4) is 0 Å². The maximum atomic E-state index is 12.0. The lowest BCUT2D eigenvalue weighted by atomic mass is 10.3. The summed E-state index contributed by atoms with van der Waals surface area (Å²) in [6.45, 7) is 1.85. The summed E-state index contributed by atoms with van der Waals surface area (Å²) in [6, 6.07) is 4.95. The van der Waals surface area contributed by atoms with Gasteiger partial charge in [0, 0.05) is 18.8 Å². The standard InChI is InChI=1S/C13H14Br2N4O2/c1-7-11(15)12(19(2)18-7)17-13(20)16-8-4-5-9(14)10(6-8)21-3/h4-6H,1-3H3,(H2,16,17,20). The molecule has 0 spiro atoms. The summed E-state index contributed by atoms with van der Waals surface area (Å²) in [5.74, 6) is 1.24. The van der Waals surface area contributed by atoms with E-state index in [0.717, 1.165) is 14.6 Å². The molecule has 1 heterocycles. The third-order valence-corrected chi connectivity index (χ3v) is 4.39. The number of amides is 2. The van der Waals surface area contributed by atoms with E-state index in [1.165, 1.54) is 0 Å². The molecule has 6 nitrogen and oxygen atoms in total. The van der Waals surface area contributed by atoms with E-state index >= 15 is 0 Å². The first-order chi connectivity index (χ1) is 9.92. The van der Waals surface area contributed by atoms with Crippen molar-refractivity contribution in [2.45, 2.75) is 6.92 Å². The SMILES string of the molecule is COc1cc(NC(=O)Nc2c(Br)c(C)nn2C)ccc1Br. The van der Waals surface area contributed by atoms with E-state index in [4.69, 9.17) is 4.74 Å². The number of aryl methyl sites for hydroxylation is 2. The minimum absolute atomic E-state index is 0.358. The highest BCUT2D eigenvalue weighted by Gasteiger charge is 2.13. The molecule has 21 heavy (non-hydrogen) atoms. The fraction of sp³-hybridized carbons (Fsp3) is 0.231. The molecular formula is C13H14Br2N4O2. The number of ether oxygens (including phenoxy) is 1. The molecule has 0 saturated carbocycles. The van der Waals surface area contributed by atoms with Crippen LogP contribution in [0.25, 0.3) is 0 Å². The summed E-state index contributed by atoms with van der Waals surface area (Å²) < 4.78 is 8.36. The zero-order valence-electron chi connectivity index (χ0n) is 11.7. The van der Waals surface area contributed by atoms with E-state index in [-0.39, 0.29) is 6.03 Å². The summed E-state index contributed by atoms with van der Waals surface area (Å²) in [5.41, 5.74) is 1.43. The van der Waals surface area contributed by atoms with E-state index in [1.807, 2.05) is 6.92 Å². The molecule has 0 atom stereocenters. The average molecular weight is 418 g/mol. The molecule has 0 fully saturated rings. The van der Waals surface area contributed by atoms with E-state index in [0.29, 0.717) is 17.3 Å². The number of nitrogens with one attached hydrogen (secondary N) is 2. The van der Waals surface area contributed by atoms with E-state index in [1.54, 1.807) is 37.0 Å². The van der Waals surface area contributed by atoms with Gasteiger partial charge in [0.15, 0.2) is 0 Å². The number of hydrogen-bond donors (Lipinski definition) is 2. The lowest BCUT2D eigenvalue weighted by molar-refractivity contribution is 0.262. The van der Waals surface area contributed by atoms with Crippen LogP contribution in [0.4, 0.5) is 16.3 Å². The van der Waals surface area contributed by atoms with Crippen molar-refractivity contribution in [1.82, 2.24) is 9.78 Å². The zero-order valence-corrected chi connectivity index (χ0v) is 14.9. The number of nitrogens with zero attached hydrogens (tertiary/aromatic N) is 2. The predicted molar refractivity (Wildman–Crippen MR) is 89.0 cm³/mol. The highest BCUT2D eigenvalue weighted by atomic mass is 79.9. The Bertz CT molecular complexity index is 685. The fourth-order valence-corrected chi connectivity index (χ4v) is 2.62. The van der Waals surface area contributed by atoms with Gasteiger partial charge in [0.25, 0.3) is 0 Å². The second kappa shape index (κ2) is 6.48. The van der Waals surface area contributed by atoms with Crippen LogP contribution in [0.15, 0.2) is 27.1 Å². The Hall–Kier alpha value is -1.54. The van der Waals surface area contributed by atoms with Gasteiger partial charge in [-0.1, -0.05) is 0 Å². The highest BCUT2D eigenvalue weighted by Crippen LogP contribution is 2.28. The van der Waals surface area contributed by atoms with E-state index < -0.39 is 0 Å². The van der Waals surface area contributed by atoms with Gasteiger partial charge in [-0.25, -0.2) is 4.79 Å². The molecular weight excluding hydrogens is 404 g/mol. The van der Waals surface area contributed by atoms with Gasteiger partial charge in [-0.2, -0.15) is 5.10 Å². The molecule has 1 aromatic heterocycles. The fourth-order valence-electron chi connectivity index (χ4n) is 1.78. The first-order valence-electron chi connectivity index (χ1n) is 6.03. The van der Waals surface area contributed by atoms with Crippen molar-refractivity contribution in [2.75, 3.05) is 17.7 Å². The van der Waals surface area contributed by atoms with Gasteiger partial charge < -0.3 is 10.1 Å². The number of benzene rings is 1. The third-order valence-electron chi connectivity index (χ3n) is 2.79. The smallest absolute Gasteiger partial charge is 0.324 e. The summed E-state index contributed by atoms with van der Waals surface area (Å²) in [7, 11) is 3.33. The largest absolute Gasteiger partial charge is 0.495 e. The minimum Gasteiger partial charge on any atom is -0.495 e. The van der Waals surface area contributed by atoms with Crippen molar-refractivity contribution >= 4 is 49.4 Å². The summed E-state index contributed by atoms with van der Waals surface area (Å²) in [6.07, 6.45) is 0. The maximum Gasteiger partial charge on any atom is 0.324 e. The molecule has 0 aliphatic heterocycles. The van der Waals surface area contributed by atoms with Crippen molar-refractivity contribution < 1.29 is 9.53 Å². The Morgan fingerprint density at radius 3 is 2.62 bits per heavy atom. The number of hydrogen-bond acceptors (Lipinski definition) is 3. The summed E-state index contributed by atoms with van der Waals surface area (Å²) in [5, 5.41) is 9.70. The topological polar surface area (TPSA) is 68.2 Å². The van der Waals surface area contributed by atoms with Crippen molar-refractivity contribution in [2.24, 2.45) is 7.05 Å². The Morgan fingerprint density at radius 2 is 2.05 bits per heavy atom. The van der Waals surface area contributed by atoms with Crippen molar-refractivity contribution in [1.29, 1.82) is 0 Å². The lowest BCUT2D eigenvalue weighted by Gasteiger charge is -2.10. The Balaban J connectivity index is 2.11. The molecule has 0 aliphatic rings. The molecule has 0 unspecified atom stereocenters. The summed E-state index contributed by atoms with van der Waals surface area (Å²) >= 11 is 6.76. The van der Waals surface area contributed by atoms with Crippen LogP contribution in [0.2, 0.25) is 0 Å². The molecule has 0 radical (unpaired) electrons. The molecule has 8 heteroatoms. The van der Waals surface area contributed by atoms with Crippen molar-refractivity contribution in [3.63, 3.8) is 0 Å². The van der Waals surface area contributed by atoms with Crippen LogP contribution in [-0.2, 0) is 7.05 Å². The Kier molecular flexibility index (Phi) is 4.89. The van der Waals surface area contributed by atoms with Gasteiger partial charge in [0.05, 0.1) is 21.7 Å². The molecule has 112 valence electrons. The van der Waals surface area contributed by atoms with Crippen LogP contribution < -0.4 is 15.4 Å². The quantitative estimate of drug-likeness (QED) is 0.795. The predicted octanol–water partition coefficient (Wildman–Crippen LogP) is 3.91. The normalized spacial score (nSPS) is 10.3. The number of methoxy groups -OCH3 is 1. The number of rotatable bonds is 3. The van der Waals surface area contributed by atoms with Crippen LogP contribution in [0.5, 0.6) is 5.75 Å². The molecule has 1 aromatic carbocycles. The highest BCUT2D eigenvalue weighted by molar-refractivity contribution is 9.11. The molecule has 2 N–H and O–H groups in total. The molecule has 2 aromatic rings. The number of carbonyl (C=O) groups is 1. The lowest BCUT2D eigenvalue weighted by Crippen LogP contribution is -2.21. The zero-order chi connectivity index (χ0) is 15.6. The van der Waals surface area contributed by atoms with Crippen LogP contribution in [0.1, 0.15) is 5.69 Å². The van der Waals surface area contributed by atoms with Crippen molar-refractivity contribution in [3.8, 4) is 5.75 Å². The van der Waals surface area contributed by atoms with Gasteiger partial charge in [-0.15, -0.1) is 0 Å². The van der Waals surface area contributed by atoms with E-state index in [9.17, 15) is 4.79 Å². The number of urea groups is 1. The van der Waals surface area contributed by atoms with Gasteiger partial charge >= 0.3 is 6.03 Å². The van der Waals surface area contributed by atoms with Crippen LogP contribution in [-0.4, -0.2) is 22.9 Å². The van der Waals surface area contributed by atoms with Crippen LogP contribution in [0, 0.1) is 6.92 Å². The Morgan fingerprint density at radius 1 is 1.33 bits per heavy atom. The van der Waals surface area contributed by atoms with Crippen molar-refractivity contribution in [3.05, 3.63) is 32.8 Å². The Labute approximate surface area is 139 Å². The van der Waals surface area contributed by atoms with Gasteiger partial charge in [0.2, 0.25) is 0 Å². The number of carbonyl (C=O) groups excluding carboxylic acids is 1. The number of halogens is 2. The molecule has 2 amide bonds. The maximum absolute atomic E-state index is 12.0. The summed E-state index contributed by atoms with van der Waals surface area (Å²) in [4.78, 5) is 12.0. The first kappa shape index (κ1) is 15.8. The second-order valence-corrected chi connectivity index (χ2v) is 5.95. The number of aromatic nitrogens is 2. The van der Waals surface area contributed by atoms with Gasteiger partial charge in [0.1, 0.15) is 11.6 Å². The first-order valence-corrected chi connectivity index (χ1v) is 7.61. The van der Waals surface area contributed by atoms with Gasteiger partial charge in [-0.05, 0) is 50.9 Å². The number of anilines is 2. The van der Waals surface area contributed by atoms with E-state index in [2.05, 4.69) is 47.6 Å². The monoisotopic (exact) mass is 416 g/mol. The van der Waals surface area contributed by atoms with Gasteiger partial charge in [-0.3, -0.25) is 10.00 Å². The molecule has 0 bridgehead atoms. The molecule has 2 rings (SSSR count). The molecule has 0 aliphatic carbocycles.